The van der Waals surface area contributed by atoms with Crippen LogP contribution in [0.15, 0.2) is 70.3 Å². The fourth-order valence-electron chi connectivity index (χ4n) is 9.31. The van der Waals surface area contributed by atoms with E-state index in [0.29, 0.717) is 86.7 Å². The molecule has 0 spiro atoms. The van der Waals surface area contributed by atoms with Crippen LogP contribution in [0.25, 0.3) is 52.2 Å². The van der Waals surface area contributed by atoms with Crippen molar-refractivity contribution in [2.75, 3.05) is 135 Å². The highest BCUT2D eigenvalue weighted by Gasteiger charge is 2.30. The number of piperazine rings is 2. The van der Waals surface area contributed by atoms with Gasteiger partial charge in [0.15, 0.2) is 34.6 Å². The predicted molar refractivity (Wildman–Crippen MR) is 274 cm³/mol. The maximum absolute atomic E-state index is 15.3. The number of carbonyl (C=O) groups excluding carboxylic acids is 2. The summed E-state index contributed by atoms with van der Waals surface area (Å²) in [7, 11) is 4.16. The molecular weight excluding hydrogens is 955 g/mol. The minimum atomic E-state index is -0.717. The van der Waals surface area contributed by atoms with Crippen LogP contribution in [0.1, 0.15) is 27.6 Å². The van der Waals surface area contributed by atoms with Crippen LogP contribution < -0.4 is 26.0 Å². The van der Waals surface area contributed by atoms with E-state index in [1.54, 1.807) is 16.2 Å². The third-order valence-electron chi connectivity index (χ3n) is 13.1. The number of rotatable bonds is 5. The maximum atomic E-state index is 15.3. The molecule has 0 atom stereocenters. The first kappa shape index (κ1) is 48.4. The van der Waals surface area contributed by atoms with Crippen molar-refractivity contribution in [2.24, 2.45) is 0 Å². The van der Waals surface area contributed by atoms with E-state index in [4.69, 9.17) is 14.2 Å². The Hall–Kier alpha value is -6.20. The average Bonchev–Trinajstić information content (AvgIpc) is 3.97. The Kier molecular flexibility index (Phi) is 14.2. The molecule has 0 aliphatic carbocycles. The summed E-state index contributed by atoms with van der Waals surface area (Å²) in [6.07, 6.45) is 0. The second-order valence-corrected chi connectivity index (χ2v) is 19.8. The van der Waals surface area contributed by atoms with Crippen molar-refractivity contribution < 1.29 is 32.6 Å². The smallest absolute Gasteiger partial charge is 0.345 e. The number of benzene rings is 2. The highest BCUT2D eigenvalue weighted by molar-refractivity contribution is 7.24. The van der Waals surface area contributed by atoms with E-state index in [1.807, 2.05) is 69.8 Å². The average molecular weight is 1010 g/mol. The number of aromatic nitrogens is 4. The van der Waals surface area contributed by atoms with E-state index in [0.717, 1.165) is 46.6 Å². The lowest BCUT2D eigenvalue weighted by molar-refractivity contribution is 0.0526. The Morgan fingerprint density at radius 1 is 0.648 bits per heavy atom. The highest BCUT2D eigenvalue weighted by Crippen LogP contribution is 2.35. The SMILES string of the molecule is CCOC(=O)c1c(=O)c2cc(F)c(N3CCOCC3)nc2n2c1sc1ccccc12.CN1CCN(C(=O)c2c(=O)c3cc(F)c(N4CCOCC4)nc3n3c2sc2ccccc23)CC1.CN1CCNCC1. The van der Waals surface area contributed by atoms with Crippen LogP contribution in [-0.2, 0) is 14.2 Å². The molecule has 17 nitrogen and oxygen atoms in total. The minimum absolute atomic E-state index is 0.0496. The van der Waals surface area contributed by atoms with E-state index in [1.165, 1.54) is 47.9 Å². The number of para-hydroxylation sites is 2. The number of ether oxygens (including phenoxy) is 3. The van der Waals surface area contributed by atoms with Crippen LogP contribution in [0.5, 0.6) is 0 Å². The largest absolute Gasteiger partial charge is 0.462 e. The van der Waals surface area contributed by atoms with Gasteiger partial charge in [-0.2, -0.15) is 0 Å². The Bertz CT molecular complexity index is 3430. The number of pyridine rings is 4. The Balaban J connectivity index is 0.000000145. The summed E-state index contributed by atoms with van der Waals surface area (Å²) in [4.78, 5) is 73.3. The quantitative estimate of drug-likeness (QED) is 0.226. The number of carbonyl (C=O) groups is 2. The topological polar surface area (TPSA) is 159 Å². The van der Waals surface area contributed by atoms with E-state index in [9.17, 15) is 23.6 Å². The number of morpholine rings is 2. The van der Waals surface area contributed by atoms with Gasteiger partial charge in [0, 0.05) is 78.5 Å². The molecule has 1 amide bonds. The second-order valence-electron chi connectivity index (χ2n) is 17.7. The fraction of sp³-hybridized carbons (Fsp3) is 0.400. The summed E-state index contributed by atoms with van der Waals surface area (Å²) in [6.45, 7) is 13.2. The molecule has 6 aromatic heterocycles. The van der Waals surface area contributed by atoms with Gasteiger partial charge in [-0.3, -0.25) is 23.2 Å². The van der Waals surface area contributed by atoms with Gasteiger partial charge in [-0.05, 0) is 57.4 Å². The Morgan fingerprint density at radius 2 is 1.10 bits per heavy atom. The van der Waals surface area contributed by atoms with Gasteiger partial charge >= 0.3 is 5.97 Å². The van der Waals surface area contributed by atoms with Crippen molar-refractivity contribution in [2.45, 2.75) is 6.92 Å². The number of likely N-dealkylation sites (N-methyl/N-ethyl adjacent to an activating group) is 2. The molecule has 1 N–H and O–H groups in total. The molecule has 0 unspecified atom stereocenters. The number of thiazole rings is 2. The van der Waals surface area contributed by atoms with Crippen LogP contribution >= 0.6 is 22.7 Å². The van der Waals surface area contributed by atoms with Gasteiger partial charge in [-0.1, -0.05) is 24.3 Å². The third kappa shape index (κ3) is 9.42. The lowest BCUT2D eigenvalue weighted by Crippen LogP contribution is -2.48. The van der Waals surface area contributed by atoms with Crippen molar-refractivity contribution >= 4 is 98.3 Å². The number of fused-ring (bicyclic) bond motifs is 10. The predicted octanol–water partition coefficient (Wildman–Crippen LogP) is 5.16. The molecular formula is C50H54F2N10O7S2. The number of esters is 1. The number of hydrogen-bond acceptors (Lipinski definition) is 16. The molecule has 71 heavy (non-hydrogen) atoms. The minimum Gasteiger partial charge on any atom is -0.462 e. The molecule has 0 saturated carbocycles. The molecule has 12 rings (SSSR count). The van der Waals surface area contributed by atoms with Gasteiger partial charge in [-0.15, -0.1) is 22.7 Å². The van der Waals surface area contributed by atoms with Crippen molar-refractivity contribution in [1.29, 1.82) is 0 Å². The Labute approximate surface area is 414 Å². The zero-order chi connectivity index (χ0) is 49.3. The number of hydrogen-bond donors (Lipinski definition) is 1. The monoisotopic (exact) mass is 1010 g/mol. The number of nitrogens with one attached hydrogen (secondary N) is 1. The second kappa shape index (κ2) is 20.9. The maximum Gasteiger partial charge on any atom is 0.345 e. The van der Waals surface area contributed by atoms with Gasteiger partial charge in [-0.25, -0.2) is 23.5 Å². The standard InChI is InChI=1S/C24H24FN5O3S.C21H18FN3O4S.C5H12N2/c1-27-6-8-29(9-7-27)23(32)19-20(31)15-14-16(25)22(28-10-12-33-13-11-28)26-21(15)30-17-4-2-3-5-18(17)34-24(19)30;1-2-29-21(27)16-17(26)12-11-13(22)19(24-7-9-28-10-8-24)23-18(12)25-14-5-3-4-6-15(14)30-20(16)25;1-7-4-2-6-3-5-7/h2-5,14H,6-13H2,1H3;3-6,11H,2,7-10H2,1H3;6H,2-5H2,1H3. The van der Waals surface area contributed by atoms with Crippen molar-refractivity contribution in [3.63, 3.8) is 0 Å². The van der Waals surface area contributed by atoms with Crippen molar-refractivity contribution in [3.05, 3.63) is 104 Å². The zero-order valence-corrected chi connectivity index (χ0v) is 41.4. The van der Waals surface area contributed by atoms with Gasteiger partial charge in [0.25, 0.3) is 5.91 Å². The van der Waals surface area contributed by atoms with Crippen LogP contribution in [0, 0.1) is 11.6 Å². The number of halogens is 2. The molecule has 372 valence electrons. The molecule has 21 heteroatoms. The molecule has 0 bridgehead atoms. The van der Waals surface area contributed by atoms with Crippen molar-refractivity contribution in [3.8, 4) is 0 Å². The molecule has 4 aliphatic heterocycles. The normalized spacial score (nSPS) is 17.2. The summed E-state index contributed by atoms with van der Waals surface area (Å²) >= 11 is 2.71. The first-order chi connectivity index (χ1) is 34.5. The molecule has 10 heterocycles. The summed E-state index contributed by atoms with van der Waals surface area (Å²) in [5.74, 6) is -1.80. The van der Waals surface area contributed by atoms with Crippen LogP contribution in [-0.4, -0.2) is 171 Å². The first-order valence-corrected chi connectivity index (χ1v) is 25.5. The van der Waals surface area contributed by atoms with Gasteiger partial charge in [0.1, 0.15) is 20.8 Å². The molecule has 0 radical (unpaired) electrons. The summed E-state index contributed by atoms with van der Waals surface area (Å²) in [5.41, 5.74) is 1.29. The fourth-order valence-corrected chi connectivity index (χ4v) is 11.7. The van der Waals surface area contributed by atoms with E-state index >= 15 is 4.39 Å². The molecule has 4 saturated heterocycles. The van der Waals surface area contributed by atoms with E-state index in [2.05, 4.69) is 32.1 Å². The van der Waals surface area contributed by atoms with Gasteiger partial charge in [0.2, 0.25) is 10.9 Å². The lowest BCUT2D eigenvalue weighted by atomic mass is 10.1. The summed E-state index contributed by atoms with van der Waals surface area (Å²) in [6, 6.07) is 17.7. The molecule has 8 aromatic rings. The number of amides is 1. The molecule has 4 fully saturated rings. The number of anilines is 2. The third-order valence-corrected chi connectivity index (χ3v) is 15.4. The van der Waals surface area contributed by atoms with E-state index < -0.39 is 28.5 Å². The number of nitrogens with zero attached hydrogens (tertiary/aromatic N) is 9. The first-order valence-electron chi connectivity index (χ1n) is 23.8. The molecule has 4 aliphatic rings. The summed E-state index contributed by atoms with van der Waals surface area (Å²) < 4.78 is 51.6. The lowest BCUT2D eigenvalue weighted by Gasteiger charge is -2.32. The molecule has 2 aromatic carbocycles. The van der Waals surface area contributed by atoms with Gasteiger partial charge in [0.05, 0.1) is 64.2 Å². The summed E-state index contributed by atoms with van der Waals surface area (Å²) in [5, 5.41) is 3.44. The van der Waals surface area contributed by atoms with Crippen LogP contribution in [0.4, 0.5) is 20.4 Å². The highest BCUT2D eigenvalue weighted by atomic mass is 32.1. The van der Waals surface area contributed by atoms with Crippen LogP contribution in [0.2, 0.25) is 0 Å². The van der Waals surface area contributed by atoms with Crippen molar-refractivity contribution in [1.82, 2.24) is 38.8 Å². The van der Waals surface area contributed by atoms with Crippen LogP contribution in [0.3, 0.4) is 0 Å². The van der Waals surface area contributed by atoms with Gasteiger partial charge < -0.3 is 44.0 Å². The van der Waals surface area contributed by atoms with E-state index in [-0.39, 0.29) is 46.0 Å². The zero-order valence-electron chi connectivity index (χ0n) is 39.7. The Morgan fingerprint density at radius 3 is 1.56 bits per heavy atom.